The van der Waals surface area contributed by atoms with Crippen molar-refractivity contribution >= 4 is 39.1 Å². The van der Waals surface area contributed by atoms with Gasteiger partial charge in [-0.3, -0.25) is 9.59 Å². The molecule has 0 aliphatic heterocycles. The lowest BCUT2D eigenvalue weighted by Gasteiger charge is -2.02. The van der Waals surface area contributed by atoms with Crippen molar-refractivity contribution in [2.45, 2.75) is 19.8 Å². The maximum Gasteiger partial charge on any atom is 0.303 e. The van der Waals surface area contributed by atoms with E-state index in [2.05, 4.69) is 21.2 Å². The lowest BCUT2D eigenvalue weighted by molar-refractivity contribution is -0.137. The standard InChI is InChI=1S/C10H12BrNO3S/c1-6-5-7(9(11)16-6)10(15)12-4-2-3-8(13)14/h5H,2-4H2,1H3,(H,12,15)(H,13,14). The number of rotatable bonds is 5. The molecule has 1 aromatic rings. The molecule has 0 saturated carbocycles. The molecule has 0 saturated heterocycles. The third kappa shape index (κ3) is 3.94. The summed E-state index contributed by atoms with van der Waals surface area (Å²) in [5, 5.41) is 11.1. The Bertz CT molecular complexity index is 403. The molecule has 0 bridgehead atoms. The van der Waals surface area contributed by atoms with Crippen LogP contribution in [0.5, 0.6) is 0 Å². The third-order valence-corrected chi connectivity index (χ3v) is 3.66. The van der Waals surface area contributed by atoms with Crippen LogP contribution in [0.4, 0.5) is 0 Å². The van der Waals surface area contributed by atoms with E-state index in [1.807, 2.05) is 6.92 Å². The van der Waals surface area contributed by atoms with E-state index in [1.165, 1.54) is 11.3 Å². The quantitative estimate of drug-likeness (QED) is 0.821. The van der Waals surface area contributed by atoms with Gasteiger partial charge in [0.1, 0.15) is 0 Å². The Morgan fingerprint density at radius 1 is 1.56 bits per heavy atom. The smallest absolute Gasteiger partial charge is 0.303 e. The highest BCUT2D eigenvalue weighted by Crippen LogP contribution is 2.27. The van der Waals surface area contributed by atoms with E-state index >= 15 is 0 Å². The first kappa shape index (κ1) is 13.2. The molecule has 0 unspecified atom stereocenters. The number of halogens is 1. The van der Waals surface area contributed by atoms with Gasteiger partial charge in [0.2, 0.25) is 0 Å². The molecule has 2 N–H and O–H groups in total. The van der Waals surface area contributed by atoms with Gasteiger partial charge < -0.3 is 10.4 Å². The van der Waals surface area contributed by atoms with Gasteiger partial charge in [-0.2, -0.15) is 0 Å². The molecule has 1 amide bonds. The van der Waals surface area contributed by atoms with E-state index in [1.54, 1.807) is 6.07 Å². The van der Waals surface area contributed by atoms with Crippen molar-refractivity contribution in [1.29, 1.82) is 0 Å². The summed E-state index contributed by atoms with van der Waals surface area (Å²) in [4.78, 5) is 23.0. The van der Waals surface area contributed by atoms with Crippen molar-refractivity contribution in [3.05, 3.63) is 20.3 Å². The number of hydrogen-bond donors (Lipinski definition) is 2. The van der Waals surface area contributed by atoms with Crippen LogP contribution in [0, 0.1) is 6.92 Å². The molecule has 1 heterocycles. The first-order valence-corrected chi connectivity index (χ1v) is 6.37. The third-order valence-electron chi connectivity index (χ3n) is 1.91. The first-order chi connectivity index (χ1) is 7.50. The Hall–Kier alpha value is -0.880. The summed E-state index contributed by atoms with van der Waals surface area (Å²) in [5.41, 5.74) is 0.609. The summed E-state index contributed by atoms with van der Waals surface area (Å²) >= 11 is 4.82. The van der Waals surface area contributed by atoms with Gasteiger partial charge in [-0.25, -0.2) is 0 Å². The van der Waals surface area contributed by atoms with Crippen LogP contribution < -0.4 is 5.32 Å². The molecule has 0 aliphatic carbocycles. The van der Waals surface area contributed by atoms with Crippen molar-refractivity contribution in [3.63, 3.8) is 0 Å². The van der Waals surface area contributed by atoms with E-state index in [0.29, 0.717) is 18.5 Å². The molecule has 0 atom stereocenters. The minimum absolute atomic E-state index is 0.0735. The highest BCUT2D eigenvalue weighted by molar-refractivity contribution is 9.11. The summed E-state index contributed by atoms with van der Waals surface area (Å²) in [6.07, 6.45) is 0.520. The van der Waals surface area contributed by atoms with Crippen LogP contribution in [0.1, 0.15) is 28.1 Å². The minimum atomic E-state index is -0.846. The Balaban J connectivity index is 2.41. The molecule has 1 rings (SSSR count). The fourth-order valence-electron chi connectivity index (χ4n) is 1.18. The predicted octanol–water partition coefficient (Wildman–Crippen LogP) is 2.41. The van der Waals surface area contributed by atoms with Crippen LogP contribution in [0.2, 0.25) is 0 Å². The van der Waals surface area contributed by atoms with E-state index in [0.717, 1.165) is 8.66 Å². The second kappa shape index (κ2) is 6.00. The van der Waals surface area contributed by atoms with Gasteiger partial charge in [-0.05, 0) is 35.3 Å². The van der Waals surface area contributed by atoms with Gasteiger partial charge in [0.05, 0.1) is 9.35 Å². The monoisotopic (exact) mass is 305 g/mol. The number of thiophene rings is 1. The summed E-state index contributed by atoms with van der Waals surface area (Å²) in [6, 6.07) is 1.81. The number of carboxylic acid groups (broad SMARTS) is 1. The maximum absolute atomic E-state index is 11.6. The molecule has 16 heavy (non-hydrogen) atoms. The summed E-state index contributed by atoms with van der Waals surface area (Å²) in [7, 11) is 0. The SMILES string of the molecule is Cc1cc(C(=O)NCCCC(=O)O)c(Br)s1. The van der Waals surface area contributed by atoms with Crippen molar-refractivity contribution < 1.29 is 14.7 Å². The molecule has 4 nitrogen and oxygen atoms in total. The molecular weight excluding hydrogens is 294 g/mol. The van der Waals surface area contributed by atoms with Crippen molar-refractivity contribution in [3.8, 4) is 0 Å². The minimum Gasteiger partial charge on any atom is -0.481 e. The second-order valence-corrected chi connectivity index (χ2v) is 5.87. The Morgan fingerprint density at radius 3 is 2.75 bits per heavy atom. The zero-order valence-electron chi connectivity index (χ0n) is 8.75. The topological polar surface area (TPSA) is 66.4 Å². The van der Waals surface area contributed by atoms with Gasteiger partial charge in [-0.1, -0.05) is 0 Å². The first-order valence-electron chi connectivity index (χ1n) is 4.76. The number of aryl methyl sites for hydroxylation is 1. The Morgan fingerprint density at radius 2 is 2.25 bits per heavy atom. The van der Waals surface area contributed by atoms with E-state index in [4.69, 9.17) is 5.11 Å². The number of carbonyl (C=O) groups excluding carboxylic acids is 1. The zero-order valence-corrected chi connectivity index (χ0v) is 11.2. The number of hydrogen-bond acceptors (Lipinski definition) is 3. The second-order valence-electron chi connectivity index (χ2n) is 3.30. The van der Waals surface area contributed by atoms with E-state index < -0.39 is 5.97 Å². The van der Waals surface area contributed by atoms with Crippen LogP contribution >= 0.6 is 27.3 Å². The fraction of sp³-hybridized carbons (Fsp3) is 0.400. The van der Waals surface area contributed by atoms with Crippen molar-refractivity contribution in [1.82, 2.24) is 5.32 Å². The lowest BCUT2D eigenvalue weighted by atomic mass is 10.2. The number of carboxylic acids is 1. The summed E-state index contributed by atoms with van der Waals surface area (Å²) in [5.74, 6) is -1.01. The summed E-state index contributed by atoms with van der Waals surface area (Å²) in [6.45, 7) is 2.31. The van der Waals surface area contributed by atoms with Gasteiger partial charge in [0, 0.05) is 17.8 Å². The fourth-order valence-corrected chi connectivity index (χ4v) is 2.96. The molecular formula is C10H12BrNO3S. The highest BCUT2D eigenvalue weighted by Gasteiger charge is 2.12. The molecule has 0 aliphatic rings. The van der Waals surface area contributed by atoms with Crippen LogP contribution in [0.25, 0.3) is 0 Å². The molecule has 6 heteroatoms. The van der Waals surface area contributed by atoms with E-state index in [-0.39, 0.29) is 12.3 Å². The van der Waals surface area contributed by atoms with Gasteiger partial charge in [-0.15, -0.1) is 11.3 Å². The van der Waals surface area contributed by atoms with Crippen LogP contribution in [0.15, 0.2) is 9.85 Å². The molecule has 1 aromatic heterocycles. The highest BCUT2D eigenvalue weighted by atomic mass is 79.9. The van der Waals surface area contributed by atoms with Crippen molar-refractivity contribution in [2.24, 2.45) is 0 Å². The predicted molar refractivity (Wildman–Crippen MR) is 66.0 cm³/mol. The largest absolute Gasteiger partial charge is 0.481 e. The van der Waals surface area contributed by atoms with E-state index in [9.17, 15) is 9.59 Å². The average Bonchev–Trinajstić information content (AvgIpc) is 2.52. The van der Waals surface area contributed by atoms with Gasteiger partial charge >= 0.3 is 5.97 Å². The van der Waals surface area contributed by atoms with Crippen LogP contribution in [-0.2, 0) is 4.79 Å². The van der Waals surface area contributed by atoms with Gasteiger partial charge in [0.25, 0.3) is 5.91 Å². The molecule has 0 radical (unpaired) electrons. The number of nitrogens with one attached hydrogen (secondary N) is 1. The zero-order chi connectivity index (χ0) is 12.1. The molecule has 0 fully saturated rings. The molecule has 88 valence electrons. The summed E-state index contributed by atoms with van der Waals surface area (Å²) < 4.78 is 0.806. The Kier molecular flexibility index (Phi) is 4.95. The number of aliphatic carboxylic acids is 1. The normalized spacial score (nSPS) is 10.1. The lowest BCUT2D eigenvalue weighted by Crippen LogP contribution is -2.24. The Labute approximate surface area is 106 Å². The van der Waals surface area contributed by atoms with Crippen molar-refractivity contribution in [2.75, 3.05) is 6.54 Å². The number of carbonyl (C=O) groups is 2. The van der Waals surface area contributed by atoms with Crippen LogP contribution in [-0.4, -0.2) is 23.5 Å². The van der Waals surface area contributed by atoms with Gasteiger partial charge in [0.15, 0.2) is 0 Å². The average molecular weight is 306 g/mol. The maximum atomic E-state index is 11.6. The molecule has 0 spiro atoms. The molecule has 0 aromatic carbocycles. The van der Waals surface area contributed by atoms with Crippen LogP contribution in [0.3, 0.4) is 0 Å². The number of amides is 1.